The van der Waals surface area contributed by atoms with Gasteiger partial charge in [-0.3, -0.25) is 4.40 Å². The first-order valence-corrected chi connectivity index (χ1v) is 10.5. The van der Waals surface area contributed by atoms with Gasteiger partial charge in [-0.15, -0.1) is 0 Å². The van der Waals surface area contributed by atoms with Gasteiger partial charge in [0.05, 0.1) is 17.1 Å². The third-order valence-corrected chi connectivity index (χ3v) is 6.13. The molecule has 0 spiro atoms. The number of carbonyl (C=O) groups excluding carboxylic acids is 1. The van der Waals surface area contributed by atoms with Crippen LogP contribution in [0.25, 0.3) is 28.2 Å². The average molecular weight is 412 g/mol. The number of aromatic nitrogens is 2. The van der Waals surface area contributed by atoms with Crippen molar-refractivity contribution in [1.29, 1.82) is 0 Å². The van der Waals surface area contributed by atoms with Crippen molar-refractivity contribution in [3.8, 4) is 22.5 Å². The lowest BCUT2D eigenvalue weighted by Crippen LogP contribution is -2.43. The lowest BCUT2D eigenvalue weighted by atomic mass is 9.72. The van der Waals surface area contributed by atoms with E-state index in [1.54, 1.807) is 7.05 Å². The zero-order valence-electron chi connectivity index (χ0n) is 17.4. The molecule has 0 bridgehead atoms. The van der Waals surface area contributed by atoms with Crippen LogP contribution >= 0.6 is 0 Å². The van der Waals surface area contributed by atoms with Crippen molar-refractivity contribution in [2.75, 3.05) is 12.4 Å². The second-order valence-electron chi connectivity index (χ2n) is 8.11. The maximum Gasteiger partial charge on any atom is 0.319 e. The van der Waals surface area contributed by atoms with Crippen LogP contribution in [0.3, 0.4) is 0 Å². The minimum absolute atomic E-state index is 0.180. The number of nitrogens with two attached hydrogens (primary N) is 1. The van der Waals surface area contributed by atoms with Gasteiger partial charge in [0.25, 0.3) is 0 Å². The summed E-state index contributed by atoms with van der Waals surface area (Å²) in [5.74, 6) is 0. The Kier molecular flexibility index (Phi) is 4.71. The standard InChI is InChI=1S/C25H25N5O/c1-27-24(31)28-20-12-13-21-29-22(23(30(21)16-20)18-6-3-2-4-7-18)17-8-10-19(11-9-17)25(26)14-5-15-25/h2-4,6-13,16H,5,14-15,26H2,1H3,(H2,27,28,31). The van der Waals surface area contributed by atoms with Gasteiger partial charge in [-0.05, 0) is 37.0 Å². The Bertz CT molecular complexity index is 1240. The number of imidazole rings is 1. The molecular weight excluding hydrogens is 386 g/mol. The fourth-order valence-corrected chi connectivity index (χ4v) is 4.19. The van der Waals surface area contributed by atoms with Crippen molar-refractivity contribution in [2.24, 2.45) is 5.73 Å². The average Bonchev–Trinajstić information content (AvgIpc) is 3.17. The lowest BCUT2D eigenvalue weighted by Gasteiger charge is -2.38. The van der Waals surface area contributed by atoms with Crippen LogP contribution in [0.2, 0.25) is 0 Å². The van der Waals surface area contributed by atoms with Crippen LogP contribution in [-0.4, -0.2) is 22.5 Å². The number of anilines is 1. The van der Waals surface area contributed by atoms with Gasteiger partial charge in [0, 0.05) is 29.9 Å². The fourth-order valence-electron chi connectivity index (χ4n) is 4.19. The van der Waals surface area contributed by atoms with E-state index in [-0.39, 0.29) is 11.6 Å². The van der Waals surface area contributed by atoms with E-state index in [9.17, 15) is 4.79 Å². The largest absolute Gasteiger partial charge is 0.341 e. The molecule has 0 radical (unpaired) electrons. The summed E-state index contributed by atoms with van der Waals surface area (Å²) in [7, 11) is 1.59. The van der Waals surface area contributed by atoms with Crippen LogP contribution in [0, 0.1) is 0 Å². The predicted molar refractivity (Wildman–Crippen MR) is 124 cm³/mol. The molecule has 4 aromatic rings. The lowest BCUT2D eigenvalue weighted by molar-refractivity contribution is 0.253. The number of nitrogens with zero attached hydrogens (tertiary/aromatic N) is 2. The molecule has 1 fully saturated rings. The van der Waals surface area contributed by atoms with Gasteiger partial charge in [-0.1, -0.05) is 54.6 Å². The van der Waals surface area contributed by atoms with Crippen molar-refractivity contribution >= 4 is 17.4 Å². The zero-order valence-corrected chi connectivity index (χ0v) is 17.4. The number of urea groups is 1. The summed E-state index contributed by atoms with van der Waals surface area (Å²) < 4.78 is 2.03. The van der Waals surface area contributed by atoms with Crippen LogP contribution in [0.5, 0.6) is 0 Å². The highest BCUT2D eigenvalue weighted by atomic mass is 16.2. The Balaban J connectivity index is 1.64. The van der Waals surface area contributed by atoms with E-state index in [1.807, 2.05) is 40.9 Å². The zero-order chi connectivity index (χ0) is 21.4. The number of nitrogens with one attached hydrogen (secondary N) is 2. The van der Waals surface area contributed by atoms with Gasteiger partial charge in [0.1, 0.15) is 5.65 Å². The SMILES string of the molecule is CNC(=O)Nc1ccc2nc(-c3ccc(C4(N)CCC4)cc3)c(-c3ccccc3)n2c1. The minimum Gasteiger partial charge on any atom is -0.341 e. The van der Waals surface area contributed by atoms with Crippen molar-refractivity contribution in [1.82, 2.24) is 14.7 Å². The molecule has 0 unspecified atom stereocenters. The van der Waals surface area contributed by atoms with Gasteiger partial charge in [0.2, 0.25) is 0 Å². The number of hydrogen-bond donors (Lipinski definition) is 3. The van der Waals surface area contributed by atoms with Crippen LogP contribution in [0.15, 0.2) is 72.9 Å². The van der Waals surface area contributed by atoms with Crippen molar-refractivity contribution in [3.63, 3.8) is 0 Å². The number of amides is 2. The number of hydrogen-bond acceptors (Lipinski definition) is 3. The number of fused-ring (bicyclic) bond motifs is 1. The number of benzene rings is 2. The molecule has 0 aliphatic heterocycles. The summed E-state index contributed by atoms with van der Waals surface area (Å²) >= 11 is 0. The first-order valence-electron chi connectivity index (χ1n) is 10.5. The highest BCUT2D eigenvalue weighted by Crippen LogP contribution is 2.40. The van der Waals surface area contributed by atoms with Gasteiger partial charge in [-0.25, -0.2) is 9.78 Å². The van der Waals surface area contributed by atoms with E-state index in [2.05, 4.69) is 47.0 Å². The third-order valence-electron chi connectivity index (χ3n) is 6.13. The molecule has 5 rings (SSSR count). The predicted octanol–water partition coefficient (Wildman–Crippen LogP) is 4.76. The molecule has 1 saturated carbocycles. The highest BCUT2D eigenvalue weighted by molar-refractivity contribution is 5.89. The van der Waals surface area contributed by atoms with E-state index in [0.29, 0.717) is 5.69 Å². The number of pyridine rings is 1. The number of carbonyl (C=O) groups is 1. The monoisotopic (exact) mass is 411 g/mol. The summed E-state index contributed by atoms with van der Waals surface area (Å²) in [4.78, 5) is 16.7. The molecule has 2 aromatic heterocycles. The van der Waals surface area contributed by atoms with Crippen LogP contribution < -0.4 is 16.4 Å². The van der Waals surface area contributed by atoms with E-state index in [4.69, 9.17) is 10.7 Å². The van der Waals surface area contributed by atoms with Crippen LogP contribution in [0.4, 0.5) is 10.5 Å². The van der Waals surface area contributed by atoms with E-state index in [0.717, 1.165) is 41.0 Å². The van der Waals surface area contributed by atoms with Crippen molar-refractivity contribution in [3.05, 3.63) is 78.5 Å². The first kappa shape index (κ1) is 19.3. The molecule has 1 aliphatic rings. The molecule has 1 aliphatic carbocycles. The van der Waals surface area contributed by atoms with E-state index < -0.39 is 0 Å². The third kappa shape index (κ3) is 3.45. The Hall–Kier alpha value is -3.64. The molecule has 2 heterocycles. The summed E-state index contributed by atoms with van der Waals surface area (Å²) in [5, 5.41) is 5.42. The van der Waals surface area contributed by atoms with Crippen molar-refractivity contribution < 1.29 is 4.79 Å². The molecule has 31 heavy (non-hydrogen) atoms. The van der Waals surface area contributed by atoms with Gasteiger partial charge in [0.15, 0.2) is 0 Å². The normalized spacial score (nSPS) is 14.8. The summed E-state index contributed by atoms with van der Waals surface area (Å²) in [6.45, 7) is 0. The van der Waals surface area contributed by atoms with Gasteiger partial charge < -0.3 is 16.4 Å². The van der Waals surface area contributed by atoms with Crippen LogP contribution in [-0.2, 0) is 5.54 Å². The topological polar surface area (TPSA) is 84.5 Å². The molecular formula is C25H25N5O. The molecule has 2 aromatic carbocycles. The Morgan fingerprint density at radius 3 is 2.39 bits per heavy atom. The second kappa shape index (κ2) is 7.56. The fraction of sp³-hybridized carbons (Fsp3) is 0.200. The summed E-state index contributed by atoms with van der Waals surface area (Å²) in [6, 6.07) is 22.2. The number of rotatable bonds is 4. The molecule has 6 nitrogen and oxygen atoms in total. The second-order valence-corrected chi connectivity index (χ2v) is 8.11. The van der Waals surface area contributed by atoms with Gasteiger partial charge >= 0.3 is 6.03 Å². The molecule has 0 saturated heterocycles. The highest BCUT2D eigenvalue weighted by Gasteiger charge is 2.34. The molecule has 156 valence electrons. The first-order chi connectivity index (χ1) is 15.1. The molecule has 0 atom stereocenters. The Labute approximate surface area is 181 Å². The Morgan fingerprint density at radius 1 is 1.00 bits per heavy atom. The summed E-state index contributed by atoms with van der Waals surface area (Å²) in [6.07, 6.45) is 5.17. The Morgan fingerprint density at radius 2 is 1.74 bits per heavy atom. The van der Waals surface area contributed by atoms with E-state index >= 15 is 0 Å². The van der Waals surface area contributed by atoms with Crippen LogP contribution in [0.1, 0.15) is 24.8 Å². The van der Waals surface area contributed by atoms with E-state index in [1.165, 1.54) is 12.0 Å². The molecule has 4 N–H and O–H groups in total. The smallest absolute Gasteiger partial charge is 0.319 e. The maximum absolute atomic E-state index is 11.8. The summed E-state index contributed by atoms with van der Waals surface area (Å²) in [5.41, 5.74) is 13.0. The molecule has 6 heteroatoms. The van der Waals surface area contributed by atoms with Crippen molar-refractivity contribution in [2.45, 2.75) is 24.8 Å². The van der Waals surface area contributed by atoms with Gasteiger partial charge in [-0.2, -0.15) is 0 Å². The maximum atomic E-state index is 11.8. The quantitative estimate of drug-likeness (QED) is 0.453. The molecule has 2 amide bonds. The minimum atomic E-state index is -0.261.